The maximum Gasteiger partial charge on any atom is 0.0376 e. The fraction of sp³-hybridized carbons (Fsp3) is 0.400. The van der Waals surface area contributed by atoms with E-state index >= 15 is 0 Å². The zero-order valence-corrected chi connectivity index (χ0v) is 8.19. The first kappa shape index (κ1) is 8.07. The van der Waals surface area contributed by atoms with Crippen LogP contribution in [-0.4, -0.2) is 16.7 Å². The molecule has 2 heteroatoms. The predicted molar refractivity (Wildman–Crippen MR) is 56.0 cm³/mol. The van der Waals surface area contributed by atoms with Gasteiger partial charge in [0.05, 0.1) is 0 Å². The van der Waals surface area contributed by atoms with Gasteiger partial charge in [-0.1, -0.05) is 13.2 Å². The molecule has 0 aliphatic carbocycles. The summed E-state index contributed by atoms with van der Waals surface area (Å²) in [4.78, 5) is 0. The Balaban J connectivity index is 2.44. The van der Waals surface area contributed by atoms with Crippen molar-refractivity contribution < 1.29 is 0 Å². The van der Waals surface area contributed by atoms with Crippen LogP contribution in [-0.2, 0) is 0 Å². The second kappa shape index (κ2) is 3.06. The summed E-state index contributed by atoms with van der Waals surface area (Å²) in [6.45, 7) is 8.05. The summed E-state index contributed by atoms with van der Waals surface area (Å²) >= 11 is 0. The van der Waals surface area contributed by atoms with E-state index in [2.05, 4.69) is 29.6 Å². The van der Waals surface area contributed by atoms with Crippen molar-refractivity contribution in [1.82, 2.24) is 4.34 Å². The Morgan fingerprint density at radius 2 is 1.58 bits per heavy atom. The Morgan fingerprint density at radius 1 is 1.08 bits per heavy atom. The molecule has 0 radical (unpaired) electrons. The fourth-order valence-electron chi connectivity index (χ4n) is 1.78. The molecule has 0 saturated carbocycles. The highest BCUT2D eigenvalue weighted by Gasteiger charge is 2.16. The first-order valence-electron chi connectivity index (χ1n) is 4.40. The zero-order valence-electron chi connectivity index (χ0n) is 7.29. The van der Waals surface area contributed by atoms with Crippen LogP contribution in [0.5, 0.6) is 0 Å². The smallest absolute Gasteiger partial charge is 0.0376 e. The van der Waals surface area contributed by atoms with Gasteiger partial charge in [0.25, 0.3) is 0 Å². The molecule has 2 rings (SSSR count). The van der Waals surface area contributed by atoms with Gasteiger partial charge in [-0.2, -0.15) is 0 Å². The highest BCUT2D eigenvalue weighted by molar-refractivity contribution is 7.56. The molecule has 1 aliphatic heterocycles. The van der Waals surface area contributed by atoms with Crippen LogP contribution in [0.4, 0.5) is 0 Å². The Morgan fingerprint density at radius 3 is 2.08 bits per heavy atom. The first-order chi connectivity index (χ1) is 5.79. The van der Waals surface area contributed by atoms with Crippen LogP contribution >= 0.6 is 8.07 Å². The third-order valence-electron chi connectivity index (χ3n) is 2.38. The molecular weight excluding hydrogens is 165 g/mol. The molecule has 0 atom stereocenters. The molecule has 1 fully saturated rings. The molecule has 0 amide bonds. The van der Waals surface area contributed by atoms with Gasteiger partial charge in [-0.15, -0.1) is 0 Å². The van der Waals surface area contributed by atoms with E-state index in [1.807, 2.05) is 0 Å². The molecule has 1 aromatic rings. The minimum Gasteiger partial charge on any atom is -0.321 e. The van der Waals surface area contributed by atoms with Crippen LogP contribution in [0.15, 0.2) is 12.1 Å². The second-order valence-corrected chi connectivity index (χ2v) is 5.60. The fourth-order valence-corrected chi connectivity index (χ4v) is 4.44. The van der Waals surface area contributed by atoms with Crippen molar-refractivity contribution in [3.05, 3.63) is 22.8 Å². The summed E-state index contributed by atoms with van der Waals surface area (Å²) in [5.41, 5.74) is 0. The van der Waals surface area contributed by atoms with Crippen LogP contribution in [0.25, 0.3) is 13.2 Å². The molecule has 1 aliphatic rings. The lowest BCUT2D eigenvalue weighted by atomic mass is 10.4. The Hall–Kier alpha value is -0.550. The summed E-state index contributed by atoms with van der Waals surface area (Å²) in [5.74, 6) is 0. The van der Waals surface area contributed by atoms with Gasteiger partial charge in [-0.05, 0) is 45.4 Å². The highest BCUT2D eigenvalue weighted by atomic mass is 31.1. The Labute approximate surface area is 74.2 Å². The van der Waals surface area contributed by atoms with Gasteiger partial charge in [-0.3, -0.25) is 0 Å². The minimum absolute atomic E-state index is 0.0468. The average molecular weight is 179 g/mol. The maximum atomic E-state index is 4.03. The van der Waals surface area contributed by atoms with Crippen molar-refractivity contribution in [1.29, 1.82) is 0 Å². The number of aromatic nitrogens is 1. The van der Waals surface area contributed by atoms with E-state index in [0.717, 1.165) is 10.7 Å². The molecule has 0 N–H and O–H groups in total. The lowest BCUT2D eigenvalue weighted by molar-refractivity contribution is 0.949. The largest absolute Gasteiger partial charge is 0.321 e. The molecule has 0 aromatic carbocycles. The van der Waals surface area contributed by atoms with E-state index in [0.29, 0.717) is 0 Å². The van der Waals surface area contributed by atoms with Gasteiger partial charge in [-0.25, -0.2) is 0 Å². The number of nitrogens with zero attached hydrogens (tertiary/aromatic N) is 1. The van der Waals surface area contributed by atoms with Crippen LogP contribution in [0.1, 0.15) is 12.8 Å². The van der Waals surface area contributed by atoms with Crippen LogP contribution in [0.3, 0.4) is 0 Å². The average Bonchev–Trinajstić information content (AvgIpc) is 2.61. The van der Waals surface area contributed by atoms with Gasteiger partial charge >= 0.3 is 0 Å². The molecule has 64 valence electrons. The first-order valence-corrected chi connectivity index (χ1v) is 6.06. The van der Waals surface area contributed by atoms with E-state index in [1.54, 1.807) is 0 Å². The summed E-state index contributed by atoms with van der Waals surface area (Å²) in [5, 5.41) is 2.29. The molecule has 0 unspecified atom stereocenters. The van der Waals surface area contributed by atoms with E-state index in [-0.39, 0.29) is 8.07 Å². The second-order valence-electron chi connectivity index (χ2n) is 3.29. The van der Waals surface area contributed by atoms with Gasteiger partial charge in [0.1, 0.15) is 0 Å². The van der Waals surface area contributed by atoms with E-state index in [9.17, 15) is 0 Å². The van der Waals surface area contributed by atoms with Gasteiger partial charge in [0, 0.05) is 10.7 Å². The van der Waals surface area contributed by atoms with Crippen molar-refractivity contribution in [2.75, 3.05) is 12.3 Å². The molecule has 1 aromatic heterocycles. The Kier molecular flexibility index (Phi) is 2.06. The van der Waals surface area contributed by atoms with Crippen molar-refractivity contribution in [2.45, 2.75) is 12.8 Å². The topological polar surface area (TPSA) is 4.93 Å². The van der Waals surface area contributed by atoms with Gasteiger partial charge < -0.3 is 4.34 Å². The standard InChI is InChI=1S/C10H14NP/c1-9-5-6-10(2)11(9)12-7-3-4-8-12/h5-6H,1-4,7-8H2. The lowest BCUT2D eigenvalue weighted by Crippen LogP contribution is -2.21. The molecule has 1 saturated heterocycles. The third kappa shape index (κ3) is 1.23. The van der Waals surface area contributed by atoms with Crippen molar-refractivity contribution in [3.63, 3.8) is 0 Å². The van der Waals surface area contributed by atoms with Crippen molar-refractivity contribution >= 4 is 21.2 Å². The summed E-state index contributed by atoms with van der Waals surface area (Å²) < 4.78 is 2.35. The normalized spacial score (nSPS) is 18.7. The molecule has 0 spiro atoms. The predicted octanol–water partition coefficient (Wildman–Crippen LogP) is 1.35. The summed E-state index contributed by atoms with van der Waals surface area (Å²) in [6, 6.07) is 4.14. The minimum atomic E-state index is 0.0468. The van der Waals surface area contributed by atoms with Crippen LogP contribution in [0.2, 0.25) is 0 Å². The van der Waals surface area contributed by atoms with Gasteiger partial charge in [0.2, 0.25) is 0 Å². The SMILES string of the molecule is C=c1ccc(=C)n1P1CCCC1. The molecule has 2 heterocycles. The number of rotatable bonds is 1. The quantitative estimate of drug-likeness (QED) is 0.573. The molecule has 1 nitrogen and oxygen atoms in total. The maximum absolute atomic E-state index is 4.03. The number of hydrogen-bond donors (Lipinski definition) is 0. The zero-order chi connectivity index (χ0) is 8.55. The Bertz CT molecular complexity index is 332. The molecule has 12 heavy (non-hydrogen) atoms. The monoisotopic (exact) mass is 179 g/mol. The van der Waals surface area contributed by atoms with E-state index in [4.69, 9.17) is 0 Å². The molecule has 0 bridgehead atoms. The summed E-state index contributed by atoms with van der Waals surface area (Å²) in [7, 11) is 0.0468. The van der Waals surface area contributed by atoms with Crippen LogP contribution < -0.4 is 10.7 Å². The van der Waals surface area contributed by atoms with Crippen molar-refractivity contribution in [2.24, 2.45) is 0 Å². The van der Waals surface area contributed by atoms with E-state index in [1.165, 1.54) is 25.2 Å². The lowest BCUT2D eigenvalue weighted by Gasteiger charge is -2.12. The third-order valence-corrected chi connectivity index (χ3v) is 5.12. The van der Waals surface area contributed by atoms with Gasteiger partial charge in [0.15, 0.2) is 0 Å². The summed E-state index contributed by atoms with van der Waals surface area (Å²) in [6.07, 6.45) is 5.52. The van der Waals surface area contributed by atoms with E-state index < -0.39 is 0 Å². The van der Waals surface area contributed by atoms with Crippen LogP contribution in [0, 0.1) is 0 Å². The number of hydrogen-bond acceptors (Lipinski definition) is 0. The highest BCUT2D eigenvalue weighted by Crippen LogP contribution is 2.41. The molecular formula is C10H14NP. The van der Waals surface area contributed by atoms with Crippen molar-refractivity contribution in [3.8, 4) is 0 Å².